The highest BCUT2D eigenvalue weighted by Crippen LogP contribution is 2.36. The van der Waals surface area contributed by atoms with Gasteiger partial charge < -0.3 is 18.6 Å². The number of esters is 1. The van der Waals surface area contributed by atoms with E-state index in [1.54, 1.807) is 6.92 Å². The second kappa shape index (κ2) is 9.94. The number of carbonyl (C=O) groups excluding carboxylic acids is 1. The highest BCUT2D eigenvalue weighted by Gasteiger charge is 2.36. The lowest BCUT2D eigenvalue weighted by atomic mass is 10.2. The van der Waals surface area contributed by atoms with Gasteiger partial charge in [-0.05, 0) is 42.8 Å². The third kappa shape index (κ3) is 8.03. The van der Waals surface area contributed by atoms with Gasteiger partial charge in [-0.2, -0.15) is 0 Å². The molecule has 0 heterocycles. The molecule has 0 N–H and O–H groups in total. The molecule has 0 unspecified atom stereocenters. The third-order valence-corrected chi connectivity index (χ3v) is 8.88. The number of benzene rings is 1. The predicted octanol–water partition coefficient (Wildman–Crippen LogP) is 4.17. The van der Waals surface area contributed by atoms with Crippen LogP contribution in [0.1, 0.15) is 33.3 Å². The van der Waals surface area contributed by atoms with Gasteiger partial charge in [-0.25, -0.2) is 4.79 Å². The van der Waals surface area contributed by atoms with E-state index in [1.165, 1.54) is 0 Å². The summed E-state index contributed by atoms with van der Waals surface area (Å²) in [6.07, 6.45) is 0. The summed E-state index contributed by atoms with van der Waals surface area (Å²) >= 11 is 0. The molecule has 6 heteroatoms. The molecule has 25 heavy (non-hydrogen) atoms. The van der Waals surface area contributed by atoms with E-state index >= 15 is 0 Å². The van der Waals surface area contributed by atoms with Crippen LogP contribution in [0.15, 0.2) is 24.3 Å². The van der Waals surface area contributed by atoms with Gasteiger partial charge in [-0.3, -0.25) is 0 Å². The fourth-order valence-corrected chi connectivity index (χ4v) is 2.84. The van der Waals surface area contributed by atoms with Crippen LogP contribution in [-0.2, 0) is 25.3 Å². The molecule has 0 fully saturated rings. The smallest absolute Gasteiger partial charge is 0.332 e. The minimum absolute atomic E-state index is 0.0309. The first kappa shape index (κ1) is 21.7. The first-order valence-electron chi connectivity index (χ1n) is 8.75. The molecule has 0 aliphatic heterocycles. The molecule has 142 valence electrons. The summed E-state index contributed by atoms with van der Waals surface area (Å²) in [4.78, 5) is 11.2. The molecule has 0 atom stereocenters. The minimum atomic E-state index is -1.72. The summed E-state index contributed by atoms with van der Waals surface area (Å²) < 4.78 is 21.9. The van der Waals surface area contributed by atoms with Crippen LogP contribution in [0, 0.1) is 0 Å². The lowest BCUT2D eigenvalue weighted by Crippen LogP contribution is -2.41. The Morgan fingerprint density at radius 3 is 2.28 bits per heavy atom. The van der Waals surface area contributed by atoms with Crippen molar-refractivity contribution in [3.05, 3.63) is 29.8 Å². The Balaban J connectivity index is 2.29. The fraction of sp³-hybridized carbons (Fsp3) is 0.632. The molecule has 0 aromatic heterocycles. The maximum absolute atomic E-state index is 11.2. The normalized spacial score (nSPS) is 12.1. The van der Waals surface area contributed by atoms with E-state index < -0.39 is 8.32 Å². The van der Waals surface area contributed by atoms with E-state index in [2.05, 4.69) is 33.9 Å². The van der Waals surface area contributed by atoms with Gasteiger partial charge in [0.15, 0.2) is 8.32 Å². The number of hydrogen-bond donors (Lipinski definition) is 0. The number of hydrogen-bond acceptors (Lipinski definition) is 5. The van der Waals surface area contributed by atoms with E-state index in [0.717, 1.165) is 11.3 Å². The number of carbonyl (C=O) groups is 1. The van der Waals surface area contributed by atoms with Crippen molar-refractivity contribution in [3.8, 4) is 5.75 Å². The molecule has 0 radical (unpaired) electrons. The zero-order chi connectivity index (χ0) is 18.9. The van der Waals surface area contributed by atoms with E-state index in [0.29, 0.717) is 26.4 Å². The van der Waals surface area contributed by atoms with Crippen molar-refractivity contribution < 1.29 is 23.4 Å². The quantitative estimate of drug-likeness (QED) is 0.352. The van der Waals surface area contributed by atoms with Crippen LogP contribution in [0.5, 0.6) is 5.75 Å². The maximum Gasteiger partial charge on any atom is 0.332 e. The van der Waals surface area contributed by atoms with Gasteiger partial charge in [0.2, 0.25) is 0 Å². The van der Waals surface area contributed by atoms with Gasteiger partial charge in [0.25, 0.3) is 0 Å². The molecule has 0 bridgehead atoms. The van der Waals surface area contributed by atoms with Crippen molar-refractivity contribution in [2.75, 3.05) is 26.4 Å². The van der Waals surface area contributed by atoms with Gasteiger partial charge in [0.1, 0.15) is 19.0 Å². The monoisotopic (exact) mass is 368 g/mol. The SMILES string of the molecule is CCOC(=O)COCc1ccc(OCCO[Si](C)(C)C(C)(C)C)cc1. The summed E-state index contributed by atoms with van der Waals surface area (Å²) in [7, 11) is -1.72. The Morgan fingerprint density at radius 2 is 1.72 bits per heavy atom. The molecule has 0 saturated carbocycles. The predicted molar refractivity (Wildman–Crippen MR) is 101 cm³/mol. The molecule has 1 aromatic carbocycles. The average Bonchev–Trinajstić information content (AvgIpc) is 2.52. The van der Waals surface area contributed by atoms with Crippen molar-refractivity contribution in [1.82, 2.24) is 0 Å². The molecule has 1 rings (SSSR count). The lowest BCUT2D eigenvalue weighted by Gasteiger charge is -2.36. The van der Waals surface area contributed by atoms with Crippen molar-refractivity contribution in [2.45, 2.75) is 52.4 Å². The van der Waals surface area contributed by atoms with Gasteiger partial charge >= 0.3 is 5.97 Å². The summed E-state index contributed by atoms with van der Waals surface area (Å²) in [5, 5.41) is 0.207. The van der Waals surface area contributed by atoms with Crippen LogP contribution >= 0.6 is 0 Å². The molecule has 0 aliphatic carbocycles. The average molecular weight is 369 g/mol. The van der Waals surface area contributed by atoms with Crippen LogP contribution in [-0.4, -0.2) is 40.7 Å². The Labute approximate surface area is 152 Å². The van der Waals surface area contributed by atoms with Crippen LogP contribution in [0.25, 0.3) is 0 Å². The van der Waals surface area contributed by atoms with Crippen LogP contribution in [0.4, 0.5) is 0 Å². The summed E-state index contributed by atoms with van der Waals surface area (Å²) in [6, 6.07) is 7.65. The van der Waals surface area contributed by atoms with Crippen molar-refractivity contribution in [3.63, 3.8) is 0 Å². The summed E-state index contributed by atoms with van der Waals surface area (Å²) in [5.74, 6) is 0.456. The van der Waals surface area contributed by atoms with Crippen LogP contribution in [0.3, 0.4) is 0 Å². The topological polar surface area (TPSA) is 54.0 Å². The van der Waals surface area contributed by atoms with Gasteiger partial charge in [-0.1, -0.05) is 32.9 Å². The summed E-state index contributed by atoms with van der Waals surface area (Å²) in [5.41, 5.74) is 0.981. The standard InChI is InChI=1S/C19H32O5Si/c1-7-22-18(20)15-21-14-16-8-10-17(11-9-16)23-12-13-24-25(5,6)19(2,3)4/h8-11H,7,12-15H2,1-6H3. The van der Waals surface area contributed by atoms with Crippen LogP contribution in [0.2, 0.25) is 18.1 Å². The van der Waals surface area contributed by atoms with Crippen molar-refractivity contribution in [2.24, 2.45) is 0 Å². The molecular weight excluding hydrogens is 336 g/mol. The molecule has 0 spiro atoms. The largest absolute Gasteiger partial charge is 0.491 e. The van der Waals surface area contributed by atoms with Gasteiger partial charge in [-0.15, -0.1) is 0 Å². The molecule has 1 aromatic rings. The Morgan fingerprint density at radius 1 is 1.08 bits per heavy atom. The van der Waals surface area contributed by atoms with Crippen LogP contribution < -0.4 is 4.74 Å². The van der Waals surface area contributed by atoms with E-state index in [9.17, 15) is 4.79 Å². The second-order valence-corrected chi connectivity index (χ2v) is 12.2. The van der Waals surface area contributed by atoms with Gasteiger partial charge in [0, 0.05) is 0 Å². The maximum atomic E-state index is 11.2. The molecular formula is C19H32O5Si. The number of rotatable bonds is 10. The van der Waals surface area contributed by atoms with E-state index in [4.69, 9.17) is 18.6 Å². The van der Waals surface area contributed by atoms with E-state index in [1.807, 2.05) is 24.3 Å². The zero-order valence-corrected chi connectivity index (χ0v) is 17.4. The molecule has 0 aliphatic rings. The Hall–Kier alpha value is -1.37. The Kier molecular flexibility index (Phi) is 8.62. The molecule has 5 nitrogen and oxygen atoms in total. The van der Waals surface area contributed by atoms with Crippen molar-refractivity contribution >= 4 is 14.3 Å². The lowest BCUT2D eigenvalue weighted by molar-refractivity contribution is -0.148. The minimum Gasteiger partial charge on any atom is -0.491 e. The van der Waals surface area contributed by atoms with Gasteiger partial charge in [0.05, 0.1) is 19.8 Å². The van der Waals surface area contributed by atoms with Crippen molar-refractivity contribution in [1.29, 1.82) is 0 Å². The first-order valence-corrected chi connectivity index (χ1v) is 11.7. The molecule has 0 amide bonds. The fourth-order valence-electron chi connectivity index (χ4n) is 1.81. The zero-order valence-electron chi connectivity index (χ0n) is 16.4. The first-order chi connectivity index (χ1) is 11.7. The Bertz CT molecular complexity index is 520. The second-order valence-electron chi connectivity index (χ2n) is 7.40. The molecule has 0 saturated heterocycles. The highest BCUT2D eigenvalue weighted by atomic mass is 28.4. The number of ether oxygens (including phenoxy) is 3. The third-order valence-electron chi connectivity index (χ3n) is 4.34. The summed E-state index contributed by atoms with van der Waals surface area (Å²) in [6.45, 7) is 14.8. The van der Waals surface area contributed by atoms with E-state index in [-0.39, 0.29) is 17.6 Å². The highest BCUT2D eigenvalue weighted by molar-refractivity contribution is 6.74.